The average molecular weight is 635 g/mol. The molecule has 0 aromatic heterocycles. The summed E-state index contributed by atoms with van der Waals surface area (Å²) in [5.41, 5.74) is 6.19. The van der Waals surface area contributed by atoms with Crippen LogP contribution in [0.5, 0.6) is 23.0 Å². The van der Waals surface area contributed by atoms with Gasteiger partial charge in [0.2, 0.25) is 0 Å². The summed E-state index contributed by atoms with van der Waals surface area (Å²) in [4.78, 5) is 12.0. The molecule has 47 heavy (non-hydrogen) atoms. The highest BCUT2D eigenvalue weighted by atomic mass is 16.5. The van der Waals surface area contributed by atoms with Gasteiger partial charge in [0.25, 0.3) is 0 Å². The zero-order valence-electron chi connectivity index (χ0n) is 26.9. The Morgan fingerprint density at radius 1 is 0.809 bits per heavy atom. The second kappa shape index (κ2) is 17.1. The molecule has 0 saturated heterocycles. The monoisotopic (exact) mass is 634 g/mol. The minimum absolute atomic E-state index is 0.0784. The summed E-state index contributed by atoms with van der Waals surface area (Å²) in [6, 6.07) is 31.7. The summed E-state index contributed by atoms with van der Waals surface area (Å²) in [5.74, 6) is 2.80. The molecule has 6 rings (SSSR count). The smallest absolute Gasteiger partial charge is 0.306 e. The van der Waals surface area contributed by atoms with Gasteiger partial charge in [0, 0.05) is 42.0 Å². The van der Waals surface area contributed by atoms with Gasteiger partial charge in [0.05, 0.1) is 32.8 Å². The molecule has 0 saturated carbocycles. The molecule has 2 heterocycles. The highest BCUT2D eigenvalue weighted by Gasteiger charge is 2.26. The molecule has 2 aliphatic rings. The molecule has 1 N–H and O–H groups in total. The Balaban J connectivity index is 0.000000189. The lowest BCUT2D eigenvalue weighted by Gasteiger charge is -2.18. The van der Waals surface area contributed by atoms with Crippen molar-refractivity contribution in [2.24, 2.45) is 0 Å². The van der Waals surface area contributed by atoms with Gasteiger partial charge in [-0.15, -0.1) is 0 Å². The Bertz CT molecular complexity index is 1650. The van der Waals surface area contributed by atoms with E-state index < -0.39 is 0 Å². The fourth-order valence-corrected chi connectivity index (χ4v) is 5.38. The van der Waals surface area contributed by atoms with Crippen molar-refractivity contribution in [1.82, 2.24) is 0 Å². The Hall–Kier alpha value is -5.01. The van der Waals surface area contributed by atoms with E-state index in [9.17, 15) is 9.90 Å². The molecule has 0 amide bonds. The molecule has 0 spiro atoms. The third-order valence-electron chi connectivity index (χ3n) is 7.94. The summed E-state index contributed by atoms with van der Waals surface area (Å²) in [6.45, 7) is 8.59. The molecule has 244 valence electrons. The van der Waals surface area contributed by atoms with Gasteiger partial charge in [0.1, 0.15) is 36.2 Å². The van der Waals surface area contributed by atoms with Crippen molar-refractivity contribution in [2.75, 3.05) is 26.4 Å². The van der Waals surface area contributed by atoms with Crippen molar-refractivity contribution in [3.8, 4) is 23.0 Å². The minimum Gasteiger partial charge on any atom is -0.493 e. The standard InChI is InChI=1S/C22H24O4.C18H18O3/c1-3-24-22(23)14-20-16(2)11-12-25-21-13-18(9-10-19(20)21)26-15-17-7-5-4-6-8-17;19-12-15-8-9-20-18-11-17(7-6-16(18)10-15)21-13-14-4-2-1-3-5-14/h4-10,13,20H,2-3,11-12,14-15H2,1H3;1-7,10-11,19H,8-9,12-13H2. The van der Waals surface area contributed by atoms with Crippen LogP contribution in [0.25, 0.3) is 6.08 Å². The van der Waals surface area contributed by atoms with Crippen molar-refractivity contribution in [2.45, 2.75) is 45.3 Å². The zero-order valence-corrected chi connectivity index (χ0v) is 26.9. The van der Waals surface area contributed by atoms with Crippen LogP contribution in [0.3, 0.4) is 0 Å². The molecule has 0 fully saturated rings. The van der Waals surface area contributed by atoms with Gasteiger partial charge in [-0.2, -0.15) is 0 Å². The molecule has 0 aliphatic carbocycles. The molecule has 7 heteroatoms. The van der Waals surface area contributed by atoms with Crippen LogP contribution in [0, 0.1) is 0 Å². The number of aliphatic hydroxyl groups is 1. The fourth-order valence-electron chi connectivity index (χ4n) is 5.38. The van der Waals surface area contributed by atoms with Crippen molar-refractivity contribution in [3.05, 3.63) is 137 Å². The number of carbonyl (C=O) groups is 1. The number of rotatable bonds is 10. The average Bonchev–Trinajstić information content (AvgIpc) is 3.40. The zero-order chi connectivity index (χ0) is 32.8. The number of benzene rings is 4. The van der Waals surface area contributed by atoms with E-state index in [0.29, 0.717) is 33.0 Å². The van der Waals surface area contributed by atoms with E-state index in [1.807, 2.05) is 110 Å². The second-order valence-electron chi connectivity index (χ2n) is 11.3. The number of esters is 1. The predicted molar refractivity (Wildman–Crippen MR) is 183 cm³/mol. The number of hydrogen-bond acceptors (Lipinski definition) is 7. The molecule has 4 aromatic rings. The molecular weight excluding hydrogens is 592 g/mol. The molecule has 1 atom stereocenters. The lowest BCUT2D eigenvalue weighted by atomic mass is 9.87. The van der Waals surface area contributed by atoms with Gasteiger partial charge >= 0.3 is 5.97 Å². The molecule has 1 unspecified atom stereocenters. The maximum absolute atomic E-state index is 12.0. The van der Waals surface area contributed by atoms with E-state index in [4.69, 9.17) is 23.7 Å². The van der Waals surface area contributed by atoms with E-state index >= 15 is 0 Å². The van der Waals surface area contributed by atoms with Crippen molar-refractivity contribution >= 4 is 12.0 Å². The highest BCUT2D eigenvalue weighted by molar-refractivity contribution is 5.72. The molecule has 2 aliphatic heterocycles. The summed E-state index contributed by atoms with van der Waals surface area (Å²) in [5, 5.41) is 9.26. The van der Waals surface area contributed by atoms with Crippen LogP contribution in [0.2, 0.25) is 0 Å². The summed E-state index contributed by atoms with van der Waals surface area (Å²) in [7, 11) is 0. The van der Waals surface area contributed by atoms with E-state index in [1.54, 1.807) is 0 Å². The molecule has 0 radical (unpaired) electrons. The second-order valence-corrected chi connectivity index (χ2v) is 11.3. The van der Waals surface area contributed by atoms with E-state index in [0.717, 1.165) is 69.2 Å². The van der Waals surface area contributed by atoms with Crippen molar-refractivity contribution in [3.63, 3.8) is 0 Å². The van der Waals surface area contributed by atoms with Gasteiger partial charge in [0.15, 0.2) is 0 Å². The van der Waals surface area contributed by atoms with Crippen LogP contribution in [0.4, 0.5) is 0 Å². The van der Waals surface area contributed by atoms with Gasteiger partial charge in [-0.1, -0.05) is 78.9 Å². The number of aliphatic hydroxyl groups excluding tert-OH is 1. The van der Waals surface area contributed by atoms with E-state index in [-0.39, 0.29) is 24.9 Å². The Morgan fingerprint density at radius 3 is 2.04 bits per heavy atom. The van der Waals surface area contributed by atoms with Crippen molar-refractivity contribution < 1.29 is 33.6 Å². The van der Waals surface area contributed by atoms with E-state index in [2.05, 4.69) is 6.58 Å². The molecule has 4 aromatic carbocycles. The van der Waals surface area contributed by atoms with Crippen LogP contribution in [-0.2, 0) is 22.7 Å². The first kappa shape index (κ1) is 33.4. The van der Waals surface area contributed by atoms with Crippen LogP contribution < -0.4 is 18.9 Å². The van der Waals surface area contributed by atoms with Crippen molar-refractivity contribution in [1.29, 1.82) is 0 Å². The SMILES string of the molecule is C=C1CCOc2cc(OCc3ccccc3)ccc2C1CC(=O)OCC.OCC1=Cc2ccc(OCc3ccccc3)cc2OCC1. The largest absolute Gasteiger partial charge is 0.493 e. The maximum Gasteiger partial charge on any atom is 0.306 e. The van der Waals surface area contributed by atoms with Crippen LogP contribution in [-0.4, -0.2) is 37.5 Å². The van der Waals surface area contributed by atoms with E-state index in [1.165, 1.54) is 0 Å². The number of carbonyl (C=O) groups excluding carboxylic acids is 1. The van der Waals surface area contributed by atoms with Crippen LogP contribution in [0.1, 0.15) is 54.4 Å². The normalized spacial score (nSPS) is 15.1. The summed E-state index contributed by atoms with van der Waals surface area (Å²) >= 11 is 0. The number of hydrogen-bond donors (Lipinski definition) is 1. The van der Waals surface area contributed by atoms with Gasteiger partial charge in [-0.3, -0.25) is 4.79 Å². The number of fused-ring (bicyclic) bond motifs is 2. The maximum atomic E-state index is 12.0. The molecule has 0 bridgehead atoms. The highest BCUT2D eigenvalue weighted by Crippen LogP contribution is 2.40. The van der Waals surface area contributed by atoms with Crippen LogP contribution in [0.15, 0.2) is 115 Å². The van der Waals surface area contributed by atoms with Gasteiger partial charge in [-0.05, 0) is 47.9 Å². The summed E-state index contributed by atoms with van der Waals surface area (Å²) < 4.78 is 28.4. The third kappa shape index (κ3) is 9.74. The van der Waals surface area contributed by atoms with Gasteiger partial charge < -0.3 is 28.8 Å². The number of ether oxygens (including phenoxy) is 5. The lowest BCUT2D eigenvalue weighted by Crippen LogP contribution is -2.11. The lowest BCUT2D eigenvalue weighted by molar-refractivity contribution is -0.143. The van der Waals surface area contributed by atoms with Gasteiger partial charge in [-0.25, -0.2) is 0 Å². The Morgan fingerprint density at radius 2 is 1.40 bits per heavy atom. The predicted octanol–water partition coefficient (Wildman–Crippen LogP) is 8.06. The first-order valence-electron chi connectivity index (χ1n) is 16.0. The third-order valence-corrected chi connectivity index (χ3v) is 7.94. The minimum atomic E-state index is -0.212. The Labute approximate surface area is 277 Å². The molecular formula is C40H42O7. The fraction of sp³-hybridized carbons (Fsp3) is 0.275. The Kier molecular flexibility index (Phi) is 12.1. The first-order valence-corrected chi connectivity index (χ1v) is 16.0. The first-order chi connectivity index (χ1) is 23.0. The van der Waals surface area contributed by atoms with Crippen LogP contribution >= 0.6 is 0 Å². The quantitative estimate of drug-likeness (QED) is 0.140. The molecule has 7 nitrogen and oxygen atoms in total. The topological polar surface area (TPSA) is 83.5 Å². The summed E-state index contributed by atoms with van der Waals surface area (Å²) in [6.07, 6.45) is 3.75.